The molecule has 0 bridgehead atoms. The van der Waals surface area contributed by atoms with Crippen LogP contribution in [-0.2, 0) is 11.3 Å². The number of ether oxygens (including phenoxy) is 3. The van der Waals surface area contributed by atoms with Gasteiger partial charge in [-0.1, -0.05) is 72.5 Å². The van der Waals surface area contributed by atoms with Gasteiger partial charge in [0.05, 0.1) is 18.6 Å². The number of carbonyl (C=O) groups excluding carboxylic acids is 1. The van der Waals surface area contributed by atoms with E-state index in [9.17, 15) is 4.79 Å². The predicted octanol–water partition coefficient (Wildman–Crippen LogP) is 5.55. The first-order chi connectivity index (χ1) is 16.1. The van der Waals surface area contributed by atoms with E-state index in [1.54, 1.807) is 12.0 Å². The van der Waals surface area contributed by atoms with Gasteiger partial charge in [-0.15, -0.1) is 0 Å². The summed E-state index contributed by atoms with van der Waals surface area (Å²) in [6.45, 7) is 1.31. The lowest BCUT2D eigenvalue weighted by atomic mass is 10.2. The van der Waals surface area contributed by atoms with Crippen LogP contribution in [0.15, 0.2) is 83.8 Å². The molecule has 5 nitrogen and oxygen atoms in total. The molecule has 1 aliphatic heterocycles. The number of hydrogen-bond donors (Lipinski definition) is 0. The third-order valence-electron chi connectivity index (χ3n) is 4.90. The van der Waals surface area contributed by atoms with Crippen LogP contribution >= 0.6 is 24.0 Å². The third-order valence-corrected chi connectivity index (χ3v) is 6.27. The molecule has 1 heterocycles. The van der Waals surface area contributed by atoms with Crippen molar-refractivity contribution in [3.8, 4) is 17.2 Å². The summed E-state index contributed by atoms with van der Waals surface area (Å²) in [5.74, 6) is 2.15. The van der Waals surface area contributed by atoms with Gasteiger partial charge in [-0.05, 0) is 41.5 Å². The molecule has 1 aliphatic rings. The Bertz CT molecular complexity index is 1150. The van der Waals surface area contributed by atoms with Crippen molar-refractivity contribution in [2.75, 3.05) is 20.3 Å². The average Bonchev–Trinajstić information content (AvgIpc) is 3.11. The van der Waals surface area contributed by atoms with Crippen molar-refractivity contribution in [3.05, 3.63) is 94.9 Å². The molecule has 3 aromatic rings. The van der Waals surface area contributed by atoms with Crippen LogP contribution in [0, 0.1) is 0 Å². The molecule has 168 valence electrons. The molecule has 0 unspecified atom stereocenters. The summed E-state index contributed by atoms with van der Waals surface area (Å²) in [5, 5.41) is 0. The number of rotatable bonds is 9. The maximum atomic E-state index is 12.8. The molecule has 1 saturated heterocycles. The average molecular weight is 478 g/mol. The molecular weight excluding hydrogens is 454 g/mol. The number of thiocarbonyl (C=S) groups is 1. The Hall–Kier alpha value is -3.29. The minimum atomic E-state index is -0.0659. The Morgan fingerprint density at radius 3 is 2.30 bits per heavy atom. The number of methoxy groups -OCH3 is 1. The molecule has 4 rings (SSSR count). The van der Waals surface area contributed by atoms with Gasteiger partial charge in [0.1, 0.15) is 34.8 Å². The zero-order chi connectivity index (χ0) is 23.0. The van der Waals surface area contributed by atoms with E-state index in [1.165, 1.54) is 11.8 Å². The molecule has 1 fully saturated rings. The lowest BCUT2D eigenvalue weighted by Crippen LogP contribution is -2.27. The number of carbonyl (C=O) groups is 1. The highest BCUT2D eigenvalue weighted by atomic mass is 32.2. The molecule has 1 amide bonds. The Kier molecular flexibility index (Phi) is 7.65. The second kappa shape index (κ2) is 11.0. The van der Waals surface area contributed by atoms with Crippen LogP contribution < -0.4 is 14.2 Å². The zero-order valence-corrected chi connectivity index (χ0v) is 19.7. The monoisotopic (exact) mass is 477 g/mol. The Balaban J connectivity index is 1.29. The van der Waals surface area contributed by atoms with Crippen molar-refractivity contribution in [1.82, 2.24) is 4.90 Å². The fourth-order valence-electron chi connectivity index (χ4n) is 3.22. The lowest BCUT2D eigenvalue weighted by molar-refractivity contribution is -0.122. The highest BCUT2D eigenvalue weighted by Gasteiger charge is 2.31. The van der Waals surface area contributed by atoms with E-state index in [-0.39, 0.29) is 5.91 Å². The number of amides is 1. The van der Waals surface area contributed by atoms with Gasteiger partial charge in [-0.2, -0.15) is 0 Å². The molecule has 0 atom stereocenters. The second-order valence-corrected chi connectivity index (χ2v) is 8.87. The van der Waals surface area contributed by atoms with Gasteiger partial charge in [0.15, 0.2) is 0 Å². The van der Waals surface area contributed by atoms with E-state index in [4.69, 9.17) is 26.4 Å². The summed E-state index contributed by atoms with van der Waals surface area (Å²) in [6.07, 6.45) is 1.86. The van der Waals surface area contributed by atoms with E-state index in [2.05, 4.69) is 0 Å². The molecule has 3 aromatic carbocycles. The third kappa shape index (κ3) is 6.15. The molecule has 0 radical (unpaired) electrons. The molecular formula is C26H23NO4S2. The van der Waals surface area contributed by atoms with Crippen LogP contribution in [0.2, 0.25) is 0 Å². The van der Waals surface area contributed by atoms with E-state index in [1.807, 2.05) is 84.9 Å². The molecule has 0 aliphatic carbocycles. The highest BCUT2D eigenvalue weighted by molar-refractivity contribution is 8.26. The van der Waals surface area contributed by atoms with Gasteiger partial charge in [-0.3, -0.25) is 9.69 Å². The van der Waals surface area contributed by atoms with E-state index >= 15 is 0 Å². The van der Waals surface area contributed by atoms with Crippen molar-refractivity contribution < 1.29 is 19.0 Å². The van der Waals surface area contributed by atoms with Crippen molar-refractivity contribution in [2.45, 2.75) is 6.54 Å². The van der Waals surface area contributed by atoms with Crippen LogP contribution in [0.1, 0.15) is 11.1 Å². The van der Waals surface area contributed by atoms with E-state index in [0.717, 1.165) is 28.4 Å². The fraction of sp³-hybridized carbons (Fsp3) is 0.154. The van der Waals surface area contributed by atoms with Crippen LogP contribution in [-0.4, -0.2) is 35.5 Å². The number of thioether (sulfide) groups is 1. The first kappa shape index (κ1) is 22.9. The first-order valence-corrected chi connectivity index (χ1v) is 11.6. The van der Waals surface area contributed by atoms with Gasteiger partial charge in [0, 0.05) is 6.07 Å². The van der Waals surface area contributed by atoms with E-state index in [0.29, 0.717) is 29.0 Å². The minimum Gasteiger partial charge on any atom is -0.497 e. The molecule has 0 aromatic heterocycles. The normalized spacial score (nSPS) is 14.6. The fourth-order valence-corrected chi connectivity index (χ4v) is 4.48. The van der Waals surface area contributed by atoms with Crippen molar-refractivity contribution in [2.24, 2.45) is 0 Å². The van der Waals surface area contributed by atoms with Gasteiger partial charge in [0.2, 0.25) is 0 Å². The quantitative estimate of drug-likeness (QED) is 0.229. The van der Waals surface area contributed by atoms with Crippen LogP contribution in [0.4, 0.5) is 0 Å². The summed E-state index contributed by atoms with van der Waals surface area (Å²) in [6, 6.07) is 24.9. The summed E-state index contributed by atoms with van der Waals surface area (Å²) in [7, 11) is 1.62. The second-order valence-electron chi connectivity index (χ2n) is 7.20. The SMILES string of the molecule is COc1cccc(OCCOc2ccc(C=C3SC(=S)N(Cc4ccccc4)C3=O)cc2)c1. The summed E-state index contributed by atoms with van der Waals surface area (Å²) in [5.41, 5.74) is 1.96. The summed E-state index contributed by atoms with van der Waals surface area (Å²) < 4.78 is 17.2. The Labute approximate surface area is 203 Å². The van der Waals surface area contributed by atoms with Gasteiger partial charge >= 0.3 is 0 Å². The maximum Gasteiger partial charge on any atom is 0.266 e. The Morgan fingerprint density at radius 1 is 0.879 bits per heavy atom. The molecule has 7 heteroatoms. The highest BCUT2D eigenvalue weighted by Crippen LogP contribution is 2.33. The first-order valence-electron chi connectivity index (χ1n) is 10.4. The maximum absolute atomic E-state index is 12.8. The molecule has 0 saturated carbocycles. The van der Waals surface area contributed by atoms with Crippen LogP contribution in [0.25, 0.3) is 6.08 Å². The van der Waals surface area contributed by atoms with Crippen LogP contribution in [0.3, 0.4) is 0 Å². The van der Waals surface area contributed by atoms with Gasteiger partial charge in [-0.25, -0.2) is 0 Å². The van der Waals surface area contributed by atoms with Gasteiger partial charge in [0.25, 0.3) is 5.91 Å². The standard InChI is InChI=1S/C26H23NO4S2/c1-29-22-8-5-9-23(17-22)31-15-14-30-21-12-10-19(11-13-21)16-24-25(28)27(26(32)33-24)18-20-6-3-2-4-7-20/h2-13,16-17H,14-15,18H2,1H3. The van der Waals surface area contributed by atoms with E-state index < -0.39 is 0 Å². The molecule has 0 spiro atoms. The molecule has 33 heavy (non-hydrogen) atoms. The largest absolute Gasteiger partial charge is 0.497 e. The predicted molar refractivity (Wildman–Crippen MR) is 136 cm³/mol. The van der Waals surface area contributed by atoms with Crippen molar-refractivity contribution in [1.29, 1.82) is 0 Å². The number of hydrogen-bond acceptors (Lipinski definition) is 6. The van der Waals surface area contributed by atoms with Crippen LogP contribution in [0.5, 0.6) is 17.2 Å². The Morgan fingerprint density at radius 2 is 1.58 bits per heavy atom. The lowest BCUT2D eigenvalue weighted by Gasteiger charge is -2.14. The van der Waals surface area contributed by atoms with Gasteiger partial charge < -0.3 is 14.2 Å². The van der Waals surface area contributed by atoms with Crippen molar-refractivity contribution >= 4 is 40.3 Å². The zero-order valence-electron chi connectivity index (χ0n) is 18.1. The molecule has 0 N–H and O–H groups in total. The number of nitrogens with zero attached hydrogens (tertiary/aromatic N) is 1. The summed E-state index contributed by atoms with van der Waals surface area (Å²) >= 11 is 6.76. The van der Waals surface area contributed by atoms with Crippen molar-refractivity contribution in [3.63, 3.8) is 0 Å². The summed E-state index contributed by atoms with van der Waals surface area (Å²) in [4.78, 5) is 15.1. The smallest absolute Gasteiger partial charge is 0.266 e. The topological polar surface area (TPSA) is 48.0 Å². The minimum absolute atomic E-state index is 0.0659. The number of benzene rings is 3.